The summed E-state index contributed by atoms with van der Waals surface area (Å²) in [4.78, 5) is 29.4. The Balaban J connectivity index is 0.000000219. The molecule has 3 aliphatic rings. The van der Waals surface area contributed by atoms with Crippen molar-refractivity contribution in [2.75, 3.05) is 13.2 Å². The third kappa shape index (κ3) is 14.3. The minimum Gasteiger partial charge on any atom is -0.652 e. The van der Waals surface area contributed by atoms with Crippen LogP contribution >= 0.6 is 0 Å². The third-order valence-corrected chi connectivity index (χ3v) is 7.44. The van der Waals surface area contributed by atoms with Gasteiger partial charge in [-0.1, -0.05) is 108 Å². The maximum Gasteiger partial charge on any atom is 1.00 e. The van der Waals surface area contributed by atoms with E-state index in [1.807, 2.05) is 54.6 Å². The molecule has 2 aromatic heterocycles. The monoisotopic (exact) mass is 640 g/mol. The van der Waals surface area contributed by atoms with Crippen LogP contribution in [0.5, 0.6) is 0 Å². The molecule has 9 heteroatoms. The number of pyridine rings is 2. The fourth-order valence-electron chi connectivity index (χ4n) is 5.26. The Morgan fingerprint density at radius 2 is 1.38 bits per heavy atom. The van der Waals surface area contributed by atoms with Crippen molar-refractivity contribution < 1.29 is 37.9 Å². The second kappa shape index (κ2) is 21.0. The van der Waals surface area contributed by atoms with Crippen LogP contribution in [0.2, 0.25) is 0 Å². The zero-order valence-corrected chi connectivity index (χ0v) is 28.8. The number of carbonyl (C=O) groups excluding carboxylic acids is 2. The summed E-state index contributed by atoms with van der Waals surface area (Å²) in [6, 6.07) is 25.8. The van der Waals surface area contributed by atoms with Crippen molar-refractivity contribution in [1.29, 1.82) is 5.26 Å². The number of cyclic esters (lactones) is 1. The molecule has 1 unspecified atom stereocenters. The summed E-state index contributed by atoms with van der Waals surface area (Å²) in [5.74, 6) is -0.272. The number of benzene rings is 2. The molecule has 246 valence electrons. The van der Waals surface area contributed by atoms with Gasteiger partial charge in [-0.2, -0.15) is 5.26 Å². The van der Waals surface area contributed by atoms with Crippen LogP contribution in [-0.2, 0) is 9.47 Å². The molecule has 2 saturated heterocycles. The topological polar surface area (TPSA) is 116 Å². The molecular formula is C39H45LiN4O4. The first kappa shape index (κ1) is 40.1. The quantitative estimate of drug-likeness (QED) is 0.157. The van der Waals surface area contributed by atoms with Crippen LogP contribution < -0.4 is 18.9 Å². The van der Waals surface area contributed by atoms with Crippen LogP contribution in [0.1, 0.15) is 103 Å². The molecule has 0 saturated carbocycles. The molecule has 48 heavy (non-hydrogen) atoms. The Morgan fingerprint density at radius 1 is 0.812 bits per heavy atom. The standard InChI is InChI=1S/C13H9NO2.C9H18N.C7H6O.C6H4N2.C4H8O.Li/c15-13-10-6-7-14-8-11(10)12(16-13)9-4-2-1-3-5-9;1-8(2)6-5-7-9(3,4)10-8;8-6-7-4-2-1-3-5-7;7-5-6-1-3-8-4-2-6;1-2-4-5-3-1;/h1-8,12H;5-7H2,1-4H3;1-6H;1-4H;1-4H2;/q;-1;;;;+1. The molecule has 4 aromatic rings. The van der Waals surface area contributed by atoms with E-state index in [0.717, 1.165) is 36.2 Å². The Labute approximate surface area is 297 Å². The minimum absolute atomic E-state index is 0. The Bertz CT molecular complexity index is 1520. The van der Waals surface area contributed by atoms with Crippen LogP contribution in [0, 0.1) is 11.3 Å². The molecule has 1 atom stereocenters. The van der Waals surface area contributed by atoms with Crippen LogP contribution in [0.25, 0.3) is 5.32 Å². The van der Waals surface area contributed by atoms with E-state index >= 15 is 0 Å². The van der Waals surface area contributed by atoms with Gasteiger partial charge in [0.2, 0.25) is 0 Å². The van der Waals surface area contributed by atoms with Crippen molar-refractivity contribution in [2.24, 2.45) is 0 Å². The number of piperidine rings is 1. The van der Waals surface area contributed by atoms with Crippen LogP contribution in [0.4, 0.5) is 0 Å². The van der Waals surface area contributed by atoms with Crippen molar-refractivity contribution in [1.82, 2.24) is 9.97 Å². The molecule has 0 spiro atoms. The predicted octanol–water partition coefficient (Wildman–Crippen LogP) is 5.70. The van der Waals surface area contributed by atoms with Crippen molar-refractivity contribution in [3.8, 4) is 6.07 Å². The number of nitriles is 1. The van der Waals surface area contributed by atoms with Gasteiger partial charge in [0.15, 0.2) is 6.10 Å². The average Bonchev–Trinajstić information content (AvgIpc) is 3.79. The van der Waals surface area contributed by atoms with Gasteiger partial charge < -0.3 is 14.8 Å². The van der Waals surface area contributed by atoms with E-state index in [-0.39, 0.29) is 42.0 Å². The first-order valence-corrected chi connectivity index (χ1v) is 16.0. The number of hydrogen-bond donors (Lipinski definition) is 0. The molecule has 5 heterocycles. The van der Waals surface area contributed by atoms with Crippen LogP contribution in [0.15, 0.2) is 104 Å². The normalized spacial score (nSPS) is 17.5. The summed E-state index contributed by atoms with van der Waals surface area (Å²) in [5.41, 5.74) is 4.29. The zero-order chi connectivity index (χ0) is 34.0. The summed E-state index contributed by atoms with van der Waals surface area (Å²) in [5, 5.41) is 13.0. The molecule has 7 rings (SSSR count). The molecular weight excluding hydrogens is 595 g/mol. The predicted molar refractivity (Wildman–Crippen MR) is 184 cm³/mol. The van der Waals surface area contributed by atoms with Gasteiger partial charge >= 0.3 is 24.8 Å². The van der Waals surface area contributed by atoms with Crippen molar-refractivity contribution >= 4 is 12.3 Å². The Kier molecular flexibility index (Phi) is 17.5. The van der Waals surface area contributed by atoms with E-state index in [1.54, 1.807) is 55.1 Å². The molecule has 2 fully saturated rings. The summed E-state index contributed by atoms with van der Waals surface area (Å²) in [6.45, 7) is 10.9. The summed E-state index contributed by atoms with van der Waals surface area (Å²) < 4.78 is 10.3. The molecule has 0 radical (unpaired) electrons. The smallest absolute Gasteiger partial charge is 0.652 e. The van der Waals surface area contributed by atoms with Crippen LogP contribution in [0.3, 0.4) is 0 Å². The van der Waals surface area contributed by atoms with E-state index in [4.69, 9.17) is 20.1 Å². The molecule has 0 N–H and O–H groups in total. The molecule has 0 aliphatic carbocycles. The average molecular weight is 641 g/mol. The fraction of sp³-hybridized carbons (Fsp3) is 0.359. The number of ether oxygens (including phenoxy) is 2. The SMILES string of the molecule is C1CCOC1.CC1(C)CCCC(C)(C)[N-]1.N#Cc1ccncc1.O=C1OC(c2ccccc2)c2cnccc21.O=Cc1ccccc1.[Li+]. The zero-order valence-electron chi connectivity index (χ0n) is 28.8. The van der Waals surface area contributed by atoms with Crippen molar-refractivity contribution in [3.63, 3.8) is 0 Å². The first-order valence-electron chi connectivity index (χ1n) is 16.0. The fourth-order valence-corrected chi connectivity index (χ4v) is 5.26. The van der Waals surface area contributed by atoms with E-state index in [1.165, 1.54) is 32.1 Å². The van der Waals surface area contributed by atoms with Gasteiger partial charge in [-0.15, -0.1) is 11.1 Å². The number of aldehydes is 1. The molecule has 2 aromatic carbocycles. The van der Waals surface area contributed by atoms with Gasteiger partial charge in [0, 0.05) is 49.1 Å². The number of carbonyl (C=O) groups is 2. The van der Waals surface area contributed by atoms with Gasteiger partial charge in [-0.05, 0) is 36.6 Å². The van der Waals surface area contributed by atoms with Crippen molar-refractivity contribution in [2.45, 2.75) is 77.0 Å². The molecule has 8 nitrogen and oxygen atoms in total. The van der Waals surface area contributed by atoms with Gasteiger partial charge in [0.1, 0.15) is 6.29 Å². The summed E-state index contributed by atoms with van der Waals surface area (Å²) in [6.07, 6.45) is 13.4. The van der Waals surface area contributed by atoms with Crippen molar-refractivity contribution in [3.05, 3.63) is 137 Å². The second-order valence-electron chi connectivity index (χ2n) is 12.4. The summed E-state index contributed by atoms with van der Waals surface area (Å²) in [7, 11) is 0. The third-order valence-electron chi connectivity index (χ3n) is 7.44. The largest absolute Gasteiger partial charge is 1.00 e. The van der Waals surface area contributed by atoms with E-state index in [0.29, 0.717) is 11.1 Å². The van der Waals surface area contributed by atoms with E-state index in [9.17, 15) is 9.59 Å². The Hall–Kier alpha value is -4.11. The number of esters is 1. The van der Waals surface area contributed by atoms with Gasteiger partial charge in [0.05, 0.1) is 17.2 Å². The molecule has 3 aliphatic heterocycles. The maximum atomic E-state index is 11.6. The first-order chi connectivity index (χ1) is 22.6. The van der Waals surface area contributed by atoms with E-state index < -0.39 is 0 Å². The second-order valence-corrected chi connectivity index (χ2v) is 12.4. The van der Waals surface area contributed by atoms with Crippen LogP contribution in [-0.4, -0.2) is 46.5 Å². The summed E-state index contributed by atoms with van der Waals surface area (Å²) >= 11 is 0. The van der Waals surface area contributed by atoms with Gasteiger partial charge in [-0.3, -0.25) is 14.8 Å². The molecule has 0 amide bonds. The van der Waals surface area contributed by atoms with E-state index in [2.05, 4.69) is 37.7 Å². The number of rotatable bonds is 2. The number of aromatic nitrogens is 2. The van der Waals surface area contributed by atoms with Gasteiger partial charge in [-0.25, -0.2) is 4.79 Å². The molecule has 0 bridgehead atoms. The minimum atomic E-state index is -0.308. The Morgan fingerprint density at radius 3 is 1.81 bits per heavy atom. The number of nitrogens with zero attached hydrogens (tertiary/aromatic N) is 4. The number of fused-ring (bicyclic) bond motifs is 1. The number of hydrogen-bond acceptors (Lipinski definition) is 7. The maximum absolute atomic E-state index is 11.6. The van der Waals surface area contributed by atoms with Gasteiger partial charge in [0.25, 0.3) is 0 Å².